The molecule has 2 aliphatic rings. The molecule has 2 aromatic rings. The Morgan fingerprint density at radius 3 is 1.66 bits per heavy atom. The van der Waals surface area contributed by atoms with Crippen LogP contribution in [0.1, 0.15) is 63.6 Å². The quantitative estimate of drug-likeness (QED) is 0.384. The minimum atomic E-state index is -4.66. The Hall–Kier alpha value is -0.747. The van der Waals surface area contributed by atoms with Crippen molar-refractivity contribution in [3.8, 4) is 0 Å². The average molecular weight is 505 g/mol. The van der Waals surface area contributed by atoms with E-state index in [1.54, 1.807) is 0 Å². The molecule has 0 aliphatic heterocycles. The SMILES string of the molecule is CC(C)C[C](C(C)C)=[Zr]([Cl])([Cl])([CH]1C=Cc2ccccc21)[CH]1C=Cc2ccccc21. The van der Waals surface area contributed by atoms with E-state index in [1.165, 1.54) is 25.5 Å². The third kappa shape index (κ3) is 3.42. The monoisotopic (exact) mass is 502 g/mol. The summed E-state index contributed by atoms with van der Waals surface area (Å²) in [5.74, 6) is 0.888. The second-order valence-electron chi connectivity index (χ2n) is 9.36. The third-order valence-corrected chi connectivity index (χ3v) is 28.1. The van der Waals surface area contributed by atoms with Gasteiger partial charge in [0.2, 0.25) is 0 Å². The van der Waals surface area contributed by atoms with Crippen molar-refractivity contribution in [2.45, 2.75) is 41.4 Å². The molecule has 0 saturated carbocycles. The van der Waals surface area contributed by atoms with Crippen molar-refractivity contribution in [3.05, 3.63) is 82.9 Å². The summed E-state index contributed by atoms with van der Waals surface area (Å²) in [4.78, 5) is 0. The van der Waals surface area contributed by atoms with Gasteiger partial charge in [0.15, 0.2) is 0 Å². The van der Waals surface area contributed by atoms with Crippen LogP contribution < -0.4 is 0 Å². The molecule has 0 heterocycles. The van der Waals surface area contributed by atoms with Gasteiger partial charge in [0.1, 0.15) is 0 Å². The van der Waals surface area contributed by atoms with E-state index in [2.05, 4.69) is 101 Å². The van der Waals surface area contributed by atoms with Crippen LogP contribution in [0.5, 0.6) is 0 Å². The van der Waals surface area contributed by atoms with E-state index < -0.39 is 15.9 Å². The fraction of sp³-hybridized carbons (Fsp3) is 0.346. The van der Waals surface area contributed by atoms with Gasteiger partial charge in [-0.15, -0.1) is 0 Å². The summed E-state index contributed by atoms with van der Waals surface area (Å²) in [5.41, 5.74) is 5.15. The van der Waals surface area contributed by atoms with E-state index in [-0.39, 0.29) is 7.25 Å². The maximum absolute atomic E-state index is 8.10. The Balaban J connectivity index is 2.07. The van der Waals surface area contributed by atoms with E-state index in [1.807, 2.05) is 0 Å². The van der Waals surface area contributed by atoms with Gasteiger partial charge < -0.3 is 0 Å². The Morgan fingerprint density at radius 2 is 1.24 bits per heavy atom. The number of hydrogen-bond donors (Lipinski definition) is 0. The second-order valence-corrected chi connectivity index (χ2v) is 30.4. The van der Waals surface area contributed by atoms with Crippen LogP contribution in [0.15, 0.2) is 60.7 Å². The standard InChI is InChI=1S/2C9H7.C8H16.2ClH.Zr/c2*1-2-5-9-7-3-6-8(9)4-1;1-7(2)5-6-8(3)4;;;/h2*1-7H;7-8H,5H2,1-4H3;2*1H;/q;;;;;+2/p-2. The number of fused-ring (bicyclic) bond motifs is 2. The first-order chi connectivity index (χ1) is 13.7. The summed E-state index contributed by atoms with van der Waals surface area (Å²) in [6, 6.07) is 17.3. The van der Waals surface area contributed by atoms with Crippen LogP contribution in [0.25, 0.3) is 12.2 Å². The summed E-state index contributed by atoms with van der Waals surface area (Å²) in [6.45, 7) is 9.13. The van der Waals surface area contributed by atoms with Gasteiger partial charge in [-0.25, -0.2) is 0 Å². The third-order valence-electron chi connectivity index (χ3n) is 6.68. The Kier molecular flexibility index (Phi) is 5.74. The van der Waals surface area contributed by atoms with Crippen LogP contribution in [0.2, 0.25) is 0 Å². The van der Waals surface area contributed by atoms with Crippen molar-refractivity contribution >= 4 is 32.4 Å². The maximum atomic E-state index is 8.10. The zero-order valence-corrected chi connectivity index (χ0v) is 21.7. The Labute approximate surface area is 183 Å². The molecule has 2 unspecified atom stereocenters. The van der Waals surface area contributed by atoms with Gasteiger partial charge in [0, 0.05) is 0 Å². The van der Waals surface area contributed by atoms with Gasteiger partial charge >= 0.3 is 184 Å². The number of halogens is 2. The molecule has 2 aromatic carbocycles. The predicted octanol–water partition coefficient (Wildman–Crippen LogP) is 8.39. The summed E-state index contributed by atoms with van der Waals surface area (Å²) in [6.07, 6.45) is 10.1. The van der Waals surface area contributed by atoms with Crippen molar-refractivity contribution in [2.75, 3.05) is 0 Å². The van der Waals surface area contributed by atoms with Crippen LogP contribution in [0.3, 0.4) is 0 Å². The van der Waals surface area contributed by atoms with Crippen LogP contribution in [-0.2, 0) is 15.9 Å². The molecule has 0 saturated heterocycles. The van der Waals surface area contributed by atoms with E-state index in [0.717, 1.165) is 6.42 Å². The first-order valence-corrected chi connectivity index (χ1v) is 21.1. The molecule has 0 nitrogen and oxygen atoms in total. The fourth-order valence-corrected chi connectivity index (χ4v) is 27.3. The van der Waals surface area contributed by atoms with Crippen molar-refractivity contribution in [2.24, 2.45) is 11.8 Å². The van der Waals surface area contributed by atoms with Crippen LogP contribution >= 0.6 is 17.0 Å². The van der Waals surface area contributed by atoms with Gasteiger partial charge in [0.25, 0.3) is 0 Å². The average Bonchev–Trinajstić information content (AvgIpc) is 3.31. The number of benzene rings is 2. The van der Waals surface area contributed by atoms with Crippen molar-refractivity contribution in [1.29, 1.82) is 0 Å². The molecule has 0 amide bonds. The molecule has 2 atom stereocenters. The van der Waals surface area contributed by atoms with Crippen LogP contribution in [-0.4, -0.2) is 3.21 Å². The molecule has 0 fully saturated rings. The molecule has 0 spiro atoms. The normalized spacial score (nSPS) is 20.4. The van der Waals surface area contributed by atoms with Crippen LogP contribution in [0.4, 0.5) is 0 Å². The minimum absolute atomic E-state index is 0.105. The molecule has 0 N–H and O–H groups in total. The fourth-order valence-electron chi connectivity index (χ4n) is 5.44. The molecule has 3 heteroatoms. The first kappa shape index (κ1) is 21.5. The van der Waals surface area contributed by atoms with Crippen molar-refractivity contribution < 1.29 is 15.9 Å². The summed E-state index contributed by atoms with van der Waals surface area (Å²) in [5, 5.41) is 0. The van der Waals surface area contributed by atoms with Crippen molar-refractivity contribution in [3.63, 3.8) is 0 Å². The van der Waals surface area contributed by atoms with Crippen molar-refractivity contribution in [1.82, 2.24) is 0 Å². The van der Waals surface area contributed by atoms with Gasteiger partial charge in [0.05, 0.1) is 0 Å². The Bertz CT molecular complexity index is 998. The molecule has 0 aromatic heterocycles. The molecule has 2 aliphatic carbocycles. The summed E-state index contributed by atoms with van der Waals surface area (Å²) < 4.78 is 1.64. The number of allylic oxidation sites excluding steroid dienone is 2. The Morgan fingerprint density at radius 1 is 0.793 bits per heavy atom. The van der Waals surface area contributed by atoms with Gasteiger partial charge in [-0.2, -0.15) is 0 Å². The topological polar surface area (TPSA) is 0 Å². The van der Waals surface area contributed by atoms with Gasteiger partial charge in [-0.1, -0.05) is 0 Å². The molecule has 152 valence electrons. The second kappa shape index (κ2) is 7.74. The van der Waals surface area contributed by atoms with E-state index >= 15 is 0 Å². The molecule has 0 radical (unpaired) electrons. The van der Waals surface area contributed by atoms with E-state index in [0.29, 0.717) is 11.8 Å². The van der Waals surface area contributed by atoms with E-state index in [4.69, 9.17) is 17.0 Å². The van der Waals surface area contributed by atoms with Crippen LogP contribution in [0, 0.1) is 11.8 Å². The van der Waals surface area contributed by atoms with Gasteiger partial charge in [-0.05, 0) is 0 Å². The molecular weight excluding hydrogens is 474 g/mol. The number of rotatable bonds is 5. The molecule has 29 heavy (non-hydrogen) atoms. The van der Waals surface area contributed by atoms with E-state index in [9.17, 15) is 0 Å². The zero-order chi connectivity index (χ0) is 20.8. The molecule has 0 bridgehead atoms. The molecular formula is C26H30Cl2Zr. The molecule has 4 rings (SSSR count). The predicted molar refractivity (Wildman–Crippen MR) is 127 cm³/mol. The number of hydrogen-bond acceptors (Lipinski definition) is 0. The first-order valence-electron chi connectivity index (χ1n) is 10.7. The zero-order valence-electron chi connectivity index (χ0n) is 17.7. The van der Waals surface area contributed by atoms with Gasteiger partial charge in [-0.3, -0.25) is 0 Å². The summed E-state index contributed by atoms with van der Waals surface area (Å²) in [7, 11) is 16.2. The summed E-state index contributed by atoms with van der Waals surface area (Å²) >= 11 is -4.66.